The van der Waals surface area contributed by atoms with Gasteiger partial charge in [-0.15, -0.1) is 0 Å². The van der Waals surface area contributed by atoms with E-state index in [-0.39, 0.29) is 23.9 Å². The highest BCUT2D eigenvalue weighted by Crippen LogP contribution is 2.22. The molecule has 0 aliphatic carbocycles. The Bertz CT molecular complexity index is 272. The third kappa shape index (κ3) is 9.93. The normalized spacial score (nSPS) is 12.9. The molecule has 0 spiro atoms. The van der Waals surface area contributed by atoms with Crippen molar-refractivity contribution >= 4 is 12.0 Å². The van der Waals surface area contributed by atoms with Crippen LogP contribution >= 0.6 is 0 Å². The standard InChI is InChI=1S/C13H26N2O3/c1-5-6-7-14-12(18)15-10(8-11(16)17)9-13(2,3)4/h10H,5-9H2,1-4H3,(H,16,17)(H2,14,15,18). The van der Waals surface area contributed by atoms with Crippen LogP contribution in [0, 0.1) is 5.41 Å². The maximum absolute atomic E-state index is 11.6. The predicted molar refractivity (Wildman–Crippen MR) is 71.6 cm³/mol. The fourth-order valence-corrected chi connectivity index (χ4v) is 1.74. The van der Waals surface area contributed by atoms with Crippen molar-refractivity contribution in [1.29, 1.82) is 0 Å². The highest BCUT2D eigenvalue weighted by Gasteiger charge is 2.22. The van der Waals surface area contributed by atoms with Crippen molar-refractivity contribution in [1.82, 2.24) is 10.6 Å². The van der Waals surface area contributed by atoms with E-state index in [1.165, 1.54) is 0 Å². The Hall–Kier alpha value is -1.26. The topological polar surface area (TPSA) is 78.4 Å². The maximum atomic E-state index is 11.6. The molecular formula is C13H26N2O3. The summed E-state index contributed by atoms with van der Waals surface area (Å²) in [4.78, 5) is 22.3. The molecule has 1 atom stereocenters. The van der Waals surface area contributed by atoms with Gasteiger partial charge in [0.2, 0.25) is 0 Å². The summed E-state index contributed by atoms with van der Waals surface area (Å²) in [5, 5.41) is 14.3. The molecule has 106 valence electrons. The van der Waals surface area contributed by atoms with Gasteiger partial charge < -0.3 is 15.7 Å². The molecule has 0 saturated heterocycles. The number of unbranched alkanes of at least 4 members (excludes halogenated alkanes) is 1. The average Bonchev–Trinajstić information content (AvgIpc) is 2.13. The number of hydrogen-bond donors (Lipinski definition) is 3. The summed E-state index contributed by atoms with van der Waals surface area (Å²) in [7, 11) is 0. The molecule has 1 unspecified atom stereocenters. The fourth-order valence-electron chi connectivity index (χ4n) is 1.74. The first-order valence-corrected chi connectivity index (χ1v) is 6.50. The molecule has 0 aliphatic rings. The molecule has 3 N–H and O–H groups in total. The summed E-state index contributed by atoms with van der Waals surface area (Å²) in [5.74, 6) is -0.891. The number of hydrogen-bond acceptors (Lipinski definition) is 2. The van der Waals surface area contributed by atoms with Gasteiger partial charge in [-0.25, -0.2) is 4.79 Å². The summed E-state index contributed by atoms with van der Waals surface area (Å²) in [5.41, 5.74) is -0.0170. The van der Waals surface area contributed by atoms with Crippen LogP contribution in [-0.4, -0.2) is 29.7 Å². The van der Waals surface area contributed by atoms with Gasteiger partial charge in [0.15, 0.2) is 0 Å². The SMILES string of the molecule is CCCCNC(=O)NC(CC(=O)O)CC(C)(C)C. The quantitative estimate of drug-likeness (QED) is 0.613. The van der Waals surface area contributed by atoms with Gasteiger partial charge in [-0.2, -0.15) is 0 Å². The minimum Gasteiger partial charge on any atom is -0.481 e. The van der Waals surface area contributed by atoms with Crippen molar-refractivity contribution in [2.24, 2.45) is 5.41 Å². The van der Waals surface area contributed by atoms with E-state index in [1.54, 1.807) is 0 Å². The van der Waals surface area contributed by atoms with Gasteiger partial charge in [0.25, 0.3) is 0 Å². The largest absolute Gasteiger partial charge is 0.481 e. The molecule has 5 nitrogen and oxygen atoms in total. The van der Waals surface area contributed by atoms with Crippen LogP contribution in [0.5, 0.6) is 0 Å². The number of amides is 2. The van der Waals surface area contributed by atoms with E-state index >= 15 is 0 Å². The summed E-state index contributed by atoms with van der Waals surface area (Å²) in [6.45, 7) is 8.75. The highest BCUT2D eigenvalue weighted by atomic mass is 16.4. The van der Waals surface area contributed by atoms with E-state index in [9.17, 15) is 9.59 Å². The second kappa shape index (κ2) is 7.95. The molecule has 0 fully saturated rings. The van der Waals surface area contributed by atoms with Gasteiger partial charge in [-0.3, -0.25) is 4.79 Å². The van der Waals surface area contributed by atoms with Gasteiger partial charge in [0, 0.05) is 12.6 Å². The molecule has 0 aromatic carbocycles. The molecule has 0 rings (SSSR count). The third-order valence-corrected chi connectivity index (χ3v) is 2.43. The molecular weight excluding hydrogens is 232 g/mol. The Morgan fingerprint density at radius 3 is 2.33 bits per heavy atom. The zero-order valence-corrected chi connectivity index (χ0v) is 11.9. The monoisotopic (exact) mass is 258 g/mol. The molecule has 18 heavy (non-hydrogen) atoms. The van der Waals surface area contributed by atoms with E-state index in [1.807, 2.05) is 27.7 Å². The molecule has 2 amide bonds. The van der Waals surface area contributed by atoms with Crippen molar-refractivity contribution < 1.29 is 14.7 Å². The molecule has 0 heterocycles. The lowest BCUT2D eigenvalue weighted by atomic mass is 9.87. The molecule has 5 heteroatoms. The van der Waals surface area contributed by atoms with Crippen molar-refractivity contribution in [3.63, 3.8) is 0 Å². The minimum atomic E-state index is -0.891. The second-order valence-corrected chi connectivity index (χ2v) is 5.81. The van der Waals surface area contributed by atoms with Crippen LogP contribution in [0.15, 0.2) is 0 Å². The van der Waals surface area contributed by atoms with Gasteiger partial charge in [-0.1, -0.05) is 34.1 Å². The maximum Gasteiger partial charge on any atom is 0.315 e. The third-order valence-electron chi connectivity index (χ3n) is 2.43. The highest BCUT2D eigenvalue weighted by molar-refractivity contribution is 5.75. The first kappa shape index (κ1) is 16.7. The molecule has 0 saturated carbocycles. The van der Waals surface area contributed by atoms with Crippen LogP contribution in [0.1, 0.15) is 53.4 Å². The zero-order chi connectivity index (χ0) is 14.2. The Balaban J connectivity index is 4.22. The van der Waals surface area contributed by atoms with E-state index < -0.39 is 5.97 Å². The summed E-state index contributed by atoms with van der Waals surface area (Å²) in [6.07, 6.45) is 2.54. The lowest BCUT2D eigenvalue weighted by Crippen LogP contribution is -2.44. The minimum absolute atomic E-state index is 0.0170. The van der Waals surface area contributed by atoms with Crippen molar-refractivity contribution in [3.05, 3.63) is 0 Å². The van der Waals surface area contributed by atoms with E-state index in [4.69, 9.17) is 5.11 Å². The summed E-state index contributed by atoms with van der Waals surface area (Å²) in [6, 6.07) is -0.608. The lowest BCUT2D eigenvalue weighted by Gasteiger charge is -2.25. The van der Waals surface area contributed by atoms with Crippen LogP contribution < -0.4 is 10.6 Å². The molecule has 0 aromatic heterocycles. The summed E-state index contributed by atoms with van der Waals surface area (Å²) >= 11 is 0. The second-order valence-electron chi connectivity index (χ2n) is 5.81. The van der Waals surface area contributed by atoms with Crippen LogP contribution in [0.4, 0.5) is 4.79 Å². The number of urea groups is 1. The fraction of sp³-hybridized carbons (Fsp3) is 0.846. The molecule has 0 aromatic rings. The first-order valence-electron chi connectivity index (χ1n) is 6.50. The average molecular weight is 258 g/mol. The summed E-state index contributed by atoms with van der Waals surface area (Å²) < 4.78 is 0. The number of carboxylic acids is 1. The van der Waals surface area contributed by atoms with Crippen LogP contribution in [-0.2, 0) is 4.79 Å². The Labute approximate surface area is 109 Å². The molecule has 0 radical (unpaired) electrons. The number of carboxylic acid groups (broad SMARTS) is 1. The molecule has 0 aliphatic heterocycles. The van der Waals surface area contributed by atoms with E-state index in [0.29, 0.717) is 13.0 Å². The van der Waals surface area contributed by atoms with Crippen molar-refractivity contribution in [2.45, 2.75) is 59.4 Å². The number of carbonyl (C=O) groups excluding carboxylic acids is 1. The zero-order valence-electron chi connectivity index (χ0n) is 11.9. The van der Waals surface area contributed by atoms with Crippen molar-refractivity contribution in [2.75, 3.05) is 6.54 Å². The van der Waals surface area contributed by atoms with E-state index in [0.717, 1.165) is 12.8 Å². The van der Waals surface area contributed by atoms with Crippen LogP contribution in [0.25, 0.3) is 0 Å². The number of aliphatic carboxylic acids is 1. The lowest BCUT2D eigenvalue weighted by molar-refractivity contribution is -0.137. The van der Waals surface area contributed by atoms with Crippen LogP contribution in [0.3, 0.4) is 0 Å². The number of carbonyl (C=O) groups is 2. The van der Waals surface area contributed by atoms with E-state index in [2.05, 4.69) is 10.6 Å². The smallest absolute Gasteiger partial charge is 0.315 e. The first-order chi connectivity index (χ1) is 8.24. The Kier molecular flexibility index (Phi) is 7.39. The molecule has 0 bridgehead atoms. The number of rotatable bonds is 7. The Morgan fingerprint density at radius 1 is 1.28 bits per heavy atom. The van der Waals surface area contributed by atoms with Crippen molar-refractivity contribution in [3.8, 4) is 0 Å². The predicted octanol–water partition coefficient (Wildman–Crippen LogP) is 2.37. The van der Waals surface area contributed by atoms with Gasteiger partial charge in [-0.05, 0) is 18.3 Å². The van der Waals surface area contributed by atoms with Gasteiger partial charge in [0.1, 0.15) is 0 Å². The van der Waals surface area contributed by atoms with Gasteiger partial charge in [0.05, 0.1) is 6.42 Å². The number of nitrogens with one attached hydrogen (secondary N) is 2. The van der Waals surface area contributed by atoms with Crippen LogP contribution in [0.2, 0.25) is 0 Å². The Morgan fingerprint density at radius 2 is 1.89 bits per heavy atom. The van der Waals surface area contributed by atoms with Gasteiger partial charge >= 0.3 is 12.0 Å².